The van der Waals surface area contributed by atoms with Gasteiger partial charge in [0.25, 0.3) is 0 Å². The van der Waals surface area contributed by atoms with Gasteiger partial charge in [0.05, 0.1) is 0 Å². The molecule has 16 heavy (non-hydrogen) atoms. The molecular weight excluding hydrogens is 291 g/mol. The van der Waals surface area contributed by atoms with Crippen LogP contribution >= 0.6 is 27.5 Å². The molecule has 0 saturated carbocycles. The Morgan fingerprint density at radius 1 is 1.19 bits per heavy atom. The van der Waals surface area contributed by atoms with Crippen molar-refractivity contribution in [3.05, 3.63) is 40.0 Å². The van der Waals surface area contributed by atoms with Crippen molar-refractivity contribution < 1.29 is 0 Å². The van der Waals surface area contributed by atoms with Gasteiger partial charge in [0, 0.05) is 16.2 Å². The average molecular weight is 300 g/mol. The van der Waals surface area contributed by atoms with Crippen LogP contribution in [0.2, 0.25) is 5.15 Å². The number of rotatable bonds is 2. The van der Waals surface area contributed by atoms with Gasteiger partial charge in [-0.3, -0.25) is 0 Å². The minimum absolute atomic E-state index is 0.312. The number of nitrogens with one attached hydrogen (secondary N) is 1. The molecule has 6 heteroatoms. The van der Waals surface area contributed by atoms with Gasteiger partial charge in [-0.05, 0) is 24.3 Å². The predicted molar refractivity (Wildman–Crippen MR) is 68.9 cm³/mol. The highest BCUT2D eigenvalue weighted by atomic mass is 79.9. The number of nitrogens with zero attached hydrogens (tertiary/aromatic N) is 2. The fourth-order valence-corrected chi connectivity index (χ4v) is 1.61. The molecule has 4 nitrogen and oxygen atoms in total. The van der Waals surface area contributed by atoms with E-state index in [2.05, 4.69) is 31.2 Å². The number of anilines is 3. The normalized spacial score (nSPS) is 10.1. The van der Waals surface area contributed by atoms with Gasteiger partial charge in [-0.25, -0.2) is 4.98 Å². The first-order chi connectivity index (χ1) is 7.63. The lowest BCUT2D eigenvalue weighted by atomic mass is 10.3. The first-order valence-electron chi connectivity index (χ1n) is 4.46. The van der Waals surface area contributed by atoms with Crippen LogP contribution in [0.25, 0.3) is 0 Å². The molecule has 0 aliphatic carbocycles. The van der Waals surface area contributed by atoms with E-state index in [1.807, 2.05) is 24.3 Å². The van der Waals surface area contributed by atoms with Crippen molar-refractivity contribution in [1.29, 1.82) is 0 Å². The van der Waals surface area contributed by atoms with Crippen molar-refractivity contribution >= 4 is 45.0 Å². The number of hydrogen-bond donors (Lipinski definition) is 2. The molecule has 1 aromatic heterocycles. The van der Waals surface area contributed by atoms with Crippen molar-refractivity contribution in [3.8, 4) is 0 Å². The van der Waals surface area contributed by atoms with Crippen molar-refractivity contribution in [2.24, 2.45) is 0 Å². The summed E-state index contributed by atoms with van der Waals surface area (Å²) in [6, 6.07) is 9.11. The van der Waals surface area contributed by atoms with E-state index in [0.29, 0.717) is 16.9 Å². The number of halogens is 2. The number of nitrogens with two attached hydrogens (primary N) is 1. The van der Waals surface area contributed by atoms with Gasteiger partial charge in [-0.2, -0.15) is 4.98 Å². The Morgan fingerprint density at radius 2 is 1.88 bits per heavy atom. The molecule has 0 unspecified atom stereocenters. The highest BCUT2D eigenvalue weighted by Crippen LogP contribution is 2.18. The van der Waals surface area contributed by atoms with Gasteiger partial charge < -0.3 is 11.1 Å². The zero-order valence-corrected chi connectivity index (χ0v) is 10.5. The van der Waals surface area contributed by atoms with Crippen molar-refractivity contribution in [2.45, 2.75) is 0 Å². The predicted octanol–water partition coefficient (Wildman–Crippen LogP) is 3.22. The molecule has 0 radical (unpaired) electrons. The highest BCUT2D eigenvalue weighted by molar-refractivity contribution is 9.10. The van der Waals surface area contributed by atoms with E-state index in [-0.39, 0.29) is 0 Å². The van der Waals surface area contributed by atoms with E-state index in [1.54, 1.807) is 0 Å². The summed E-state index contributed by atoms with van der Waals surface area (Å²) in [6.07, 6.45) is 0. The summed E-state index contributed by atoms with van der Waals surface area (Å²) in [5.74, 6) is 0.715. The van der Waals surface area contributed by atoms with Crippen LogP contribution in [0.15, 0.2) is 34.8 Å². The van der Waals surface area contributed by atoms with Crippen LogP contribution in [0.4, 0.5) is 17.5 Å². The van der Waals surface area contributed by atoms with Crippen molar-refractivity contribution in [3.63, 3.8) is 0 Å². The molecule has 82 valence electrons. The summed E-state index contributed by atoms with van der Waals surface area (Å²) >= 11 is 9.12. The minimum atomic E-state index is 0.312. The van der Waals surface area contributed by atoms with Gasteiger partial charge in [-0.15, -0.1) is 0 Å². The molecule has 2 aromatic rings. The lowest BCUT2D eigenvalue weighted by Gasteiger charge is -2.05. The molecule has 1 heterocycles. The number of nitrogen functional groups attached to an aromatic ring is 1. The Kier molecular flexibility index (Phi) is 3.26. The maximum Gasteiger partial charge on any atom is 0.230 e. The van der Waals surface area contributed by atoms with Gasteiger partial charge >= 0.3 is 0 Å². The summed E-state index contributed by atoms with van der Waals surface area (Å²) in [6.45, 7) is 0. The Balaban J connectivity index is 2.23. The third-order valence-electron chi connectivity index (χ3n) is 1.82. The molecule has 0 fully saturated rings. The summed E-state index contributed by atoms with van der Waals surface area (Å²) in [4.78, 5) is 8.01. The van der Waals surface area contributed by atoms with Crippen LogP contribution in [0.5, 0.6) is 0 Å². The minimum Gasteiger partial charge on any atom is -0.383 e. The van der Waals surface area contributed by atoms with Crippen LogP contribution in [-0.2, 0) is 0 Å². The van der Waals surface area contributed by atoms with E-state index in [1.165, 1.54) is 6.07 Å². The summed E-state index contributed by atoms with van der Waals surface area (Å²) in [5, 5.41) is 3.32. The molecule has 1 aromatic carbocycles. The number of hydrogen-bond acceptors (Lipinski definition) is 4. The fourth-order valence-electron chi connectivity index (χ4n) is 1.15. The topological polar surface area (TPSA) is 63.8 Å². The smallest absolute Gasteiger partial charge is 0.230 e. The molecule has 0 aliphatic rings. The molecule has 0 spiro atoms. The summed E-state index contributed by atoms with van der Waals surface area (Å²) in [5.41, 5.74) is 6.42. The van der Waals surface area contributed by atoms with Gasteiger partial charge in [0.1, 0.15) is 11.0 Å². The zero-order valence-electron chi connectivity index (χ0n) is 8.11. The van der Waals surface area contributed by atoms with E-state index in [0.717, 1.165) is 10.2 Å². The van der Waals surface area contributed by atoms with Crippen LogP contribution < -0.4 is 11.1 Å². The lowest BCUT2D eigenvalue weighted by molar-refractivity contribution is 1.17. The average Bonchev–Trinajstić information content (AvgIpc) is 2.20. The molecular formula is C10H8BrClN4. The van der Waals surface area contributed by atoms with E-state index >= 15 is 0 Å². The van der Waals surface area contributed by atoms with E-state index in [4.69, 9.17) is 17.3 Å². The Labute approximate surface area is 106 Å². The third-order valence-corrected chi connectivity index (χ3v) is 2.54. The zero-order chi connectivity index (χ0) is 11.5. The molecule has 0 saturated heterocycles. The molecule has 0 amide bonds. The molecule has 3 N–H and O–H groups in total. The summed E-state index contributed by atoms with van der Waals surface area (Å²) in [7, 11) is 0. The molecule has 0 bridgehead atoms. The second kappa shape index (κ2) is 4.67. The van der Waals surface area contributed by atoms with Crippen LogP contribution in [0.1, 0.15) is 0 Å². The van der Waals surface area contributed by atoms with Crippen molar-refractivity contribution in [2.75, 3.05) is 11.1 Å². The fraction of sp³-hybridized carbons (Fsp3) is 0. The standard InChI is InChI=1S/C10H8BrClN4/c11-6-1-3-7(4-2-6)14-10-15-8(12)5-9(13)16-10/h1-5H,(H3,13,14,15,16). The highest BCUT2D eigenvalue weighted by Gasteiger charge is 2.01. The van der Waals surface area contributed by atoms with Gasteiger partial charge in [-0.1, -0.05) is 27.5 Å². The maximum absolute atomic E-state index is 5.76. The Hall–Kier alpha value is -1.33. The number of benzene rings is 1. The van der Waals surface area contributed by atoms with Crippen LogP contribution in [0, 0.1) is 0 Å². The van der Waals surface area contributed by atoms with Crippen LogP contribution in [0.3, 0.4) is 0 Å². The van der Waals surface area contributed by atoms with E-state index < -0.39 is 0 Å². The number of aromatic nitrogens is 2. The van der Waals surface area contributed by atoms with Crippen LogP contribution in [-0.4, -0.2) is 9.97 Å². The first kappa shape index (κ1) is 11.2. The van der Waals surface area contributed by atoms with Gasteiger partial charge in [0.2, 0.25) is 5.95 Å². The quantitative estimate of drug-likeness (QED) is 0.836. The Morgan fingerprint density at radius 3 is 2.50 bits per heavy atom. The second-order valence-corrected chi connectivity index (χ2v) is 4.37. The SMILES string of the molecule is Nc1cc(Cl)nc(Nc2ccc(Br)cc2)n1. The largest absolute Gasteiger partial charge is 0.383 e. The third kappa shape index (κ3) is 2.84. The van der Waals surface area contributed by atoms with E-state index in [9.17, 15) is 0 Å². The Bertz CT molecular complexity index is 480. The monoisotopic (exact) mass is 298 g/mol. The molecule has 2 rings (SSSR count). The molecule has 0 atom stereocenters. The molecule has 0 aliphatic heterocycles. The maximum atomic E-state index is 5.76. The second-order valence-electron chi connectivity index (χ2n) is 3.07. The van der Waals surface area contributed by atoms with Gasteiger partial charge in [0.15, 0.2) is 0 Å². The summed E-state index contributed by atoms with van der Waals surface area (Å²) < 4.78 is 1.00. The van der Waals surface area contributed by atoms with Crippen molar-refractivity contribution in [1.82, 2.24) is 9.97 Å². The lowest BCUT2D eigenvalue weighted by Crippen LogP contribution is -2.00. The first-order valence-corrected chi connectivity index (χ1v) is 5.63.